The molecule has 0 unspecified atom stereocenters. The predicted octanol–water partition coefficient (Wildman–Crippen LogP) is 6.35. The molecule has 0 aromatic heterocycles. The Morgan fingerprint density at radius 2 is 1.85 bits per heavy atom. The van der Waals surface area contributed by atoms with E-state index >= 15 is 0 Å². The third-order valence-corrected chi connectivity index (χ3v) is 4.77. The van der Waals surface area contributed by atoms with Gasteiger partial charge in [-0.2, -0.15) is 0 Å². The molecule has 0 aliphatic rings. The molecule has 3 heteroatoms. The number of nitrogens with one attached hydrogen (secondary N) is 1. The normalized spacial score (nSPS) is 11.0. The summed E-state index contributed by atoms with van der Waals surface area (Å²) in [4.78, 5) is 0. The highest BCUT2D eigenvalue weighted by molar-refractivity contribution is 6.30. The lowest BCUT2D eigenvalue weighted by molar-refractivity contribution is 0.302. The zero-order valence-electron chi connectivity index (χ0n) is 15.3. The maximum atomic E-state index is 6.17. The maximum Gasteiger partial charge on any atom is 0.124 e. The molecule has 0 aliphatic carbocycles. The molecule has 0 amide bonds. The maximum absolute atomic E-state index is 6.17. The topological polar surface area (TPSA) is 21.3 Å². The molecule has 0 bridgehead atoms. The Labute approximate surface area is 161 Å². The lowest BCUT2D eigenvalue weighted by atomic mass is 10.0. The second-order valence-corrected chi connectivity index (χ2v) is 7.00. The quantitative estimate of drug-likeness (QED) is 0.445. The van der Waals surface area contributed by atoms with Crippen LogP contribution in [-0.2, 0) is 13.2 Å². The third-order valence-electron chi connectivity index (χ3n) is 4.54. The van der Waals surface area contributed by atoms with E-state index in [9.17, 15) is 0 Å². The highest BCUT2D eigenvalue weighted by Crippen LogP contribution is 2.29. The minimum absolute atomic E-state index is 0.516. The first-order valence-corrected chi connectivity index (χ1v) is 9.74. The van der Waals surface area contributed by atoms with Gasteiger partial charge in [-0.25, -0.2) is 0 Å². The summed E-state index contributed by atoms with van der Waals surface area (Å²) in [7, 11) is 0. The number of ether oxygens (including phenoxy) is 1. The Balaban J connectivity index is 1.77. The van der Waals surface area contributed by atoms with Crippen LogP contribution in [0.2, 0.25) is 5.02 Å². The molecule has 3 rings (SSSR count). The minimum atomic E-state index is 0.516. The van der Waals surface area contributed by atoms with E-state index in [1.54, 1.807) is 0 Å². The average Bonchev–Trinajstić information content (AvgIpc) is 2.67. The monoisotopic (exact) mass is 367 g/mol. The molecular weight excluding hydrogens is 342 g/mol. The van der Waals surface area contributed by atoms with Gasteiger partial charge in [0.05, 0.1) is 0 Å². The SMILES string of the molecule is CCCCCNCc1c(OCc2cccc(Cl)c2)ccc2ccccc12. The molecule has 3 aromatic rings. The number of unbranched alkanes of at least 4 members (excludes halogenated alkanes) is 2. The Hall–Kier alpha value is -2.03. The molecular formula is C23H26ClNO. The van der Waals surface area contributed by atoms with E-state index in [2.05, 4.69) is 48.6 Å². The van der Waals surface area contributed by atoms with Crippen molar-refractivity contribution in [2.24, 2.45) is 0 Å². The molecule has 0 fully saturated rings. The first kappa shape index (κ1) is 18.8. The van der Waals surface area contributed by atoms with E-state index in [0.717, 1.165) is 29.4 Å². The van der Waals surface area contributed by atoms with E-state index in [1.807, 2.05) is 24.3 Å². The number of halogens is 1. The molecule has 0 atom stereocenters. The van der Waals surface area contributed by atoms with Crippen molar-refractivity contribution in [2.75, 3.05) is 6.54 Å². The second kappa shape index (κ2) is 9.61. The standard InChI is InChI=1S/C23H26ClNO/c1-2-3-6-14-25-16-22-21-11-5-4-9-19(21)12-13-23(22)26-17-18-8-7-10-20(24)15-18/h4-5,7-13,15,25H,2-3,6,14,16-17H2,1H3. The van der Waals surface area contributed by atoms with Crippen molar-refractivity contribution < 1.29 is 4.74 Å². The fourth-order valence-electron chi connectivity index (χ4n) is 3.13. The molecule has 2 nitrogen and oxygen atoms in total. The van der Waals surface area contributed by atoms with E-state index in [4.69, 9.17) is 16.3 Å². The highest BCUT2D eigenvalue weighted by Gasteiger charge is 2.09. The van der Waals surface area contributed by atoms with Gasteiger partial charge in [-0.15, -0.1) is 0 Å². The molecule has 0 saturated carbocycles. The molecule has 0 heterocycles. The first-order chi connectivity index (χ1) is 12.8. The van der Waals surface area contributed by atoms with Crippen LogP contribution in [0, 0.1) is 0 Å². The lowest BCUT2D eigenvalue weighted by Crippen LogP contribution is -2.15. The van der Waals surface area contributed by atoms with Crippen LogP contribution in [0.25, 0.3) is 10.8 Å². The molecule has 26 heavy (non-hydrogen) atoms. The smallest absolute Gasteiger partial charge is 0.124 e. The van der Waals surface area contributed by atoms with Crippen molar-refractivity contribution in [2.45, 2.75) is 39.3 Å². The van der Waals surface area contributed by atoms with Gasteiger partial charge in [-0.1, -0.05) is 73.8 Å². The lowest BCUT2D eigenvalue weighted by Gasteiger charge is -2.15. The van der Waals surface area contributed by atoms with Gasteiger partial charge >= 0.3 is 0 Å². The number of fused-ring (bicyclic) bond motifs is 1. The summed E-state index contributed by atoms with van der Waals surface area (Å²) < 4.78 is 6.17. The van der Waals surface area contributed by atoms with Crippen molar-refractivity contribution in [3.05, 3.63) is 76.8 Å². The Bertz CT molecular complexity index is 846. The minimum Gasteiger partial charge on any atom is -0.489 e. The van der Waals surface area contributed by atoms with Crippen molar-refractivity contribution in [3.63, 3.8) is 0 Å². The zero-order chi connectivity index (χ0) is 18.2. The fraction of sp³-hybridized carbons (Fsp3) is 0.304. The molecule has 3 aromatic carbocycles. The van der Waals surface area contributed by atoms with Gasteiger partial charge in [0.2, 0.25) is 0 Å². The first-order valence-electron chi connectivity index (χ1n) is 9.36. The van der Waals surface area contributed by atoms with Crippen molar-refractivity contribution in [3.8, 4) is 5.75 Å². The highest BCUT2D eigenvalue weighted by atomic mass is 35.5. The third kappa shape index (κ3) is 5.00. The van der Waals surface area contributed by atoms with Crippen LogP contribution < -0.4 is 10.1 Å². The Morgan fingerprint density at radius 3 is 2.69 bits per heavy atom. The number of hydrogen-bond acceptors (Lipinski definition) is 2. The van der Waals surface area contributed by atoms with E-state index in [-0.39, 0.29) is 0 Å². The van der Waals surface area contributed by atoms with Crippen LogP contribution in [0.15, 0.2) is 60.7 Å². The Kier molecular flexibility index (Phi) is 6.93. The molecule has 1 N–H and O–H groups in total. The van der Waals surface area contributed by atoms with Gasteiger partial charge in [0.25, 0.3) is 0 Å². The average molecular weight is 368 g/mol. The predicted molar refractivity (Wildman–Crippen MR) is 111 cm³/mol. The molecule has 0 spiro atoms. The van der Waals surface area contributed by atoms with Crippen LogP contribution in [0.1, 0.15) is 37.3 Å². The van der Waals surface area contributed by atoms with Gasteiger partial charge < -0.3 is 10.1 Å². The molecule has 0 saturated heterocycles. The zero-order valence-corrected chi connectivity index (χ0v) is 16.1. The van der Waals surface area contributed by atoms with Gasteiger partial charge in [0.15, 0.2) is 0 Å². The van der Waals surface area contributed by atoms with Crippen molar-refractivity contribution >= 4 is 22.4 Å². The van der Waals surface area contributed by atoms with Crippen LogP contribution in [0.4, 0.5) is 0 Å². The summed E-state index contributed by atoms with van der Waals surface area (Å²) in [6, 6.07) is 20.5. The van der Waals surface area contributed by atoms with Crippen LogP contribution in [0.5, 0.6) is 5.75 Å². The number of benzene rings is 3. The van der Waals surface area contributed by atoms with Crippen LogP contribution in [-0.4, -0.2) is 6.54 Å². The van der Waals surface area contributed by atoms with Gasteiger partial charge in [-0.3, -0.25) is 0 Å². The van der Waals surface area contributed by atoms with Gasteiger partial charge in [0, 0.05) is 17.1 Å². The van der Waals surface area contributed by atoms with Crippen molar-refractivity contribution in [1.82, 2.24) is 5.32 Å². The summed E-state index contributed by atoms with van der Waals surface area (Å²) in [5.74, 6) is 0.937. The number of rotatable bonds is 9. The summed E-state index contributed by atoms with van der Waals surface area (Å²) in [5.41, 5.74) is 2.30. The largest absolute Gasteiger partial charge is 0.489 e. The second-order valence-electron chi connectivity index (χ2n) is 6.57. The van der Waals surface area contributed by atoms with E-state index in [0.29, 0.717) is 6.61 Å². The molecule has 0 aliphatic heterocycles. The summed E-state index contributed by atoms with van der Waals surface area (Å²) >= 11 is 6.08. The summed E-state index contributed by atoms with van der Waals surface area (Å²) in [6.45, 7) is 4.59. The van der Waals surface area contributed by atoms with Crippen molar-refractivity contribution in [1.29, 1.82) is 0 Å². The number of hydrogen-bond donors (Lipinski definition) is 1. The van der Waals surface area contributed by atoms with E-state index in [1.165, 1.54) is 35.6 Å². The fourth-order valence-corrected chi connectivity index (χ4v) is 3.35. The summed E-state index contributed by atoms with van der Waals surface area (Å²) in [6.07, 6.45) is 3.71. The van der Waals surface area contributed by atoms with E-state index < -0.39 is 0 Å². The molecule has 136 valence electrons. The summed E-state index contributed by atoms with van der Waals surface area (Å²) in [5, 5.41) is 6.81. The van der Waals surface area contributed by atoms with Crippen LogP contribution >= 0.6 is 11.6 Å². The van der Waals surface area contributed by atoms with Crippen LogP contribution in [0.3, 0.4) is 0 Å². The van der Waals surface area contributed by atoms with Gasteiger partial charge in [-0.05, 0) is 47.5 Å². The van der Waals surface area contributed by atoms with Gasteiger partial charge in [0.1, 0.15) is 12.4 Å². The molecule has 0 radical (unpaired) electrons. The Morgan fingerprint density at radius 1 is 0.962 bits per heavy atom.